The van der Waals surface area contributed by atoms with Gasteiger partial charge in [-0.05, 0) is 35.4 Å². The van der Waals surface area contributed by atoms with E-state index in [1.807, 2.05) is 0 Å². The van der Waals surface area contributed by atoms with Crippen LogP contribution in [0.5, 0.6) is 0 Å². The molecular weight excluding hydrogens is 397 g/mol. The lowest BCUT2D eigenvalue weighted by Crippen LogP contribution is -2.35. The molecule has 2 rings (SSSR count). The Kier molecular flexibility index (Phi) is 6.44. The highest BCUT2D eigenvalue weighted by atomic mass is 35.5. The van der Waals surface area contributed by atoms with E-state index in [2.05, 4.69) is 0 Å². The second-order valence-electron chi connectivity index (χ2n) is 5.91. The van der Waals surface area contributed by atoms with Gasteiger partial charge in [-0.15, -0.1) is 0 Å². The van der Waals surface area contributed by atoms with Crippen molar-refractivity contribution in [1.29, 1.82) is 0 Å². The molecule has 0 heterocycles. The Morgan fingerprint density at radius 3 is 1.62 bits per heavy atom. The molecule has 2 aromatic carbocycles. The number of ketones is 1. The van der Waals surface area contributed by atoms with Gasteiger partial charge in [-0.3, -0.25) is 9.59 Å². The molecule has 0 saturated heterocycles. The normalized spacial score (nSPS) is 11.4. The Labute approximate surface area is 162 Å². The van der Waals surface area contributed by atoms with Crippen molar-refractivity contribution in [2.45, 2.75) is 5.25 Å². The van der Waals surface area contributed by atoms with E-state index in [-0.39, 0.29) is 0 Å². The largest absolute Gasteiger partial charge is 0.342 e. The summed E-state index contributed by atoms with van der Waals surface area (Å²) in [6.45, 7) is 0. The van der Waals surface area contributed by atoms with Crippen LogP contribution in [0.15, 0.2) is 48.5 Å². The number of sulfone groups is 1. The van der Waals surface area contributed by atoms with E-state index in [9.17, 15) is 18.0 Å². The van der Waals surface area contributed by atoms with Crippen LogP contribution in [0.1, 0.15) is 16.4 Å². The van der Waals surface area contributed by atoms with Gasteiger partial charge in [-0.25, -0.2) is 8.42 Å². The third-order valence-corrected chi connectivity index (χ3v) is 6.11. The standard InChI is InChI=1S/C18H17Cl2NO4S/c1-21(2)18(23)16(22)11-26(24,25)17(12-3-7-14(19)8-4-12)13-5-9-15(20)10-6-13/h3-10,17H,11H2,1-2H3. The average Bonchev–Trinajstić information content (AvgIpc) is 2.57. The fraction of sp³-hybridized carbons (Fsp3) is 0.222. The molecule has 0 spiro atoms. The third kappa shape index (κ3) is 4.84. The molecule has 0 fully saturated rings. The number of rotatable bonds is 6. The SMILES string of the molecule is CN(C)C(=O)C(=O)CS(=O)(=O)C(c1ccc(Cl)cc1)c1ccc(Cl)cc1. The highest BCUT2D eigenvalue weighted by Gasteiger charge is 2.33. The summed E-state index contributed by atoms with van der Waals surface area (Å²) in [5.41, 5.74) is 0.892. The molecule has 138 valence electrons. The van der Waals surface area contributed by atoms with Crippen LogP contribution in [-0.4, -0.2) is 44.9 Å². The Morgan fingerprint density at radius 2 is 1.27 bits per heavy atom. The van der Waals surface area contributed by atoms with Gasteiger partial charge in [0.1, 0.15) is 11.0 Å². The topological polar surface area (TPSA) is 71.5 Å². The van der Waals surface area contributed by atoms with E-state index in [0.29, 0.717) is 21.2 Å². The number of amides is 1. The lowest BCUT2D eigenvalue weighted by molar-refractivity contribution is -0.141. The van der Waals surface area contributed by atoms with Gasteiger partial charge in [0.2, 0.25) is 5.78 Å². The monoisotopic (exact) mass is 413 g/mol. The van der Waals surface area contributed by atoms with Gasteiger partial charge < -0.3 is 4.90 Å². The van der Waals surface area contributed by atoms with Crippen LogP contribution in [0.4, 0.5) is 0 Å². The first-order valence-corrected chi connectivity index (χ1v) is 10.1. The molecule has 2 aromatic rings. The molecule has 0 aromatic heterocycles. The first kappa shape index (κ1) is 20.4. The second-order valence-corrected chi connectivity index (χ2v) is 8.87. The van der Waals surface area contributed by atoms with Crippen LogP contribution in [-0.2, 0) is 19.4 Å². The predicted octanol–water partition coefficient (Wildman–Crippen LogP) is 3.15. The van der Waals surface area contributed by atoms with Crippen molar-refractivity contribution in [1.82, 2.24) is 4.90 Å². The van der Waals surface area contributed by atoms with Gasteiger partial charge in [0.15, 0.2) is 9.84 Å². The summed E-state index contributed by atoms with van der Waals surface area (Å²) in [5.74, 6) is -2.73. The Hall–Kier alpha value is -1.89. The van der Waals surface area contributed by atoms with Gasteiger partial charge in [0, 0.05) is 24.1 Å². The fourth-order valence-corrected chi connectivity index (χ4v) is 4.51. The van der Waals surface area contributed by atoms with E-state index in [4.69, 9.17) is 23.2 Å². The van der Waals surface area contributed by atoms with Crippen LogP contribution in [0.2, 0.25) is 10.0 Å². The first-order chi connectivity index (χ1) is 12.1. The maximum atomic E-state index is 13.0. The summed E-state index contributed by atoms with van der Waals surface area (Å²) in [6.07, 6.45) is 0. The van der Waals surface area contributed by atoms with Crippen LogP contribution < -0.4 is 0 Å². The Balaban J connectivity index is 2.49. The first-order valence-electron chi connectivity index (χ1n) is 7.59. The zero-order valence-electron chi connectivity index (χ0n) is 14.1. The number of benzene rings is 2. The Bertz CT molecular complexity index is 862. The van der Waals surface area contributed by atoms with Crippen molar-refractivity contribution < 1.29 is 18.0 Å². The number of nitrogens with zero attached hydrogens (tertiary/aromatic N) is 1. The van der Waals surface area contributed by atoms with E-state index in [1.54, 1.807) is 48.5 Å². The lowest BCUT2D eigenvalue weighted by Gasteiger charge is -2.19. The minimum Gasteiger partial charge on any atom is -0.342 e. The van der Waals surface area contributed by atoms with Gasteiger partial charge in [-0.2, -0.15) is 0 Å². The zero-order valence-corrected chi connectivity index (χ0v) is 16.5. The lowest BCUT2D eigenvalue weighted by atomic mass is 10.0. The molecule has 5 nitrogen and oxygen atoms in total. The van der Waals surface area contributed by atoms with Crippen LogP contribution >= 0.6 is 23.2 Å². The number of likely N-dealkylation sites (N-methyl/N-ethyl adjacent to an activating group) is 1. The third-order valence-electron chi connectivity index (χ3n) is 3.68. The maximum absolute atomic E-state index is 13.0. The molecule has 0 aliphatic heterocycles. The molecule has 0 aliphatic rings. The molecule has 8 heteroatoms. The summed E-state index contributed by atoms with van der Waals surface area (Å²) < 4.78 is 26.0. The predicted molar refractivity (Wildman–Crippen MR) is 102 cm³/mol. The zero-order chi connectivity index (χ0) is 19.5. The van der Waals surface area contributed by atoms with E-state index < -0.39 is 32.5 Å². The minimum absolute atomic E-state index is 0.446. The van der Waals surface area contributed by atoms with Crippen LogP contribution in [0.25, 0.3) is 0 Å². The number of carbonyl (C=O) groups is 2. The quantitative estimate of drug-likeness (QED) is 0.681. The van der Waals surface area contributed by atoms with E-state index in [1.165, 1.54) is 14.1 Å². The van der Waals surface area contributed by atoms with Crippen molar-refractivity contribution >= 4 is 44.7 Å². The molecule has 26 heavy (non-hydrogen) atoms. The highest BCUT2D eigenvalue weighted by molar-refractivity contribution is 7.92. The summed E-state index contributed by atoms with van der Waals surface area (Å²) in [5, 5.41) is -0.198. The molecule has 0 saturated carbocycles. The summed E-state index contributed by atoms with van der Waals surface area (Å²) in [6, 6.07) is 12.6. The molecule has 0 atom stereocenters. The maximum Gasteiger partial charge on any atom is 0.290 e. The molecule has 1 amide bonds. The highest BCUT2D eigenvalue weighted by Crippen LogP contribution is 2.32. The fourth-order valence-electron chi connectivity index (χ4n) is 2.46. The molecule has 0 aliphatic carbocycles. The number of Topliss-reactive ketones (excluding diaryl/α,β-unsaturated/α-hetero) is 1. The van der Waals surface area contributed by atoms with Crippen LogP contribution in [0, 0.1) is 0 Å². The summed E-state index contributed by atoms with van der Waals surface area (Å²) in [4.78, 5) is 24.9. The van der Waals surface area contributed by atoms with Gasteiger partial charge in [0.25, 0.3) is 5.91 Å². The molecule has 0 radical (unpaired) electrons. The minimum atomic E-state index is -4.02. The van der Waals surface area contributed by atoms with Gasteiger partial charge in [-0.1, -0.05) is 47.5 Å². The smallest absolute Gasteiger partial charge is 0.290 e. The van der Waals surface area contributed by atoms with Gasteiger partial charge >= 0.3 is 0 Å². The molecular formula is C18H17Cl2NO4S. The molecule has 0 N–H and O–H groups in total. The molecule has 0 bridgehead atoms. The number of carbonyl (C=O) groups excluding carboxylic acids is 2. The number of hydrogen-bond acceptors (Lipinski definition) is 4. The van der Waals surface area contributed by atoms with E-state index >= 15 is 0 Å². The number of halogens is 2. The molecule has 0 unspecified atom stereocenters. The Morgan fingerprint density at radius 1 is 0.885 bits per heavy atom. The van der Waals surface area contributed by atoms with E-state index in [0.717, 1.165) is 4.90 Å². The van der Waals surface area contributed by atoms with Gasteiger partial charge in [0.05, 0.1) is 0 Å². The van der Waals surface area contributed by atoms with Crippen molar-refractivity contribution in [3.63, 3.8) is 0 Å². The van der Waals surface area contributed by atoms with Crippen molar-refractivity contribution in [2.75, 3.05) is 19.8 Å². The summed E-state index contributed by atoms with van der Waals surface area (Å²) in [7, 11) is -1.23. The summed E-state index contributed by atoms with van der Waals surface area (Å²) >= 11 is 11.8. The van der Waals surface area contributed by atoms with Crippen LogP contribution in [0.3, 0.4) is 0 Å². The van der Waals surface area contributed by atoms with Crippen molar-refractivity contribution in [3.05, 3.63) is 69.7 Å². The number of hydrogen-bond donors (Lipinski definition) is 0. The second kappa shape index (κ2) is 8.20. The van der Waals surface area contributed by atoms with Crippen molar-refractivity contribution in [2.24, 2.45) is 0 Å². The van der Waals surface area contributed by atoms with Crippen molar-refractivity contribution in [3.8, 4) is 0 Å². The average molecular weight is 414 g/mol.